The molecule has 0 aliphatic carbocycles. The van der Waals surface area contributed by atoms with E-state index < -0.39 is 10.0 Å². The number of nitrogens with zero attached hydrogens (tertiary/aromatic N) is 3. The first-order chi connectivity index (χ1) is 14.3. The van der Waals surface area contributed by atoms with Crippen LogP contribution >= 0.6 is 0 Å². The Kier molecular flexibility index (Phi) is 6.40. The van der Waals surface area contributed by atoms with E-state index in [9.17, 15) is 23.1 Å². The topological polar surface area (TPSA) is 107 Å². The molecule has 0 saturated carbocycles. The molecule has 9 nitrogen and oxygen atoms in total. The second-order valence-electron chi connectivity index (χ2n) is 6.73. The molecule has 1 heterocycles. The van der Waals surface area contributed by atoms with Crippen molar-refractivity contribution in [2.45, 2.75) is 4.90 Å². The Balaban J connectivity index is 1.70. The van der Waals surface area contributed by atoms with Gasteiger partial charge in [0.05, 0.1) is 17.6 Å². The summed E-state index contributed by atoms with van der Waals surface area (Å²) in [4.78, 5) is 33.3. The number of benzene rings is 2. The van der Waals surface area contributed by atoms with Crippen LogP contribution in [-0.4, -0.2) is 79.9 Å². The van der Waals surface area contributed by atoms with Crippen molar-refractivity contribution in [1.82, 2.24) is 14.3 Å². The normalized spacial score (nSPS) is 14.8. The van der Waals surface area contributed by atoms with E-state index in [-0.39, 0.29) is 33.6 Å². The molecule has 1 aliphatic rings. The van der Waals surface area contributed by atoms with Crippen molar-refractivity contribution in [3.8, 4) is 5.75 Å². The number of hydroxylamine groups is 1. The van der Waals surface area contributed by atoms with E-state index in [1.165, 1.54) is 38.4 Å². The van der Waals surface area contributed by atoms with Gasteiger partial charge in [-0.25, -0.2) is 8.42 Å². The first-order valence-electron chi connectivity index (χ1n) is 9.25. The van der Waals surface area contributed by atoms with Crippen LogP contribution in [0, 0.1) is 0 Å². The molecule has 10 heteroatoms. The number of phenolic OH excluding ortho intramolecular Hbond substituents is 1. The Morgan fingerprint density at radius 3 is 2.17 bits per heavy atom. The molecule has 0 atom stereocenters. The van der Waals surface area contributed by atoms with Crippen LogP contribution in [0.25, 0.3) is 0 Å². The third-order valence-electron chi connectivity index (χ3n) is 4.96. The van der Waals surface area contributed by atoms with Crippen LogP contribution in [0.5, 0.6) is 5.75 Å². The summed E-state index contributed by atoms with van der Waals surface area (Å²) >= 11 is 0. The van der Waals surface area contributed by atoms with Crippen molar-refractivity contribution in [1.29, 1.82) is 0 Å². The van der Waals surface area contributed by atoms with Crippen molar-refractivity contribution in [2.75, 3.05) is 40.3 Å². The molecule has 1 fully saturated rings. The minimum Gasteiger partial charge on any atom is -0.507 e. The third kappa shape index (κ3) is 4.30. The zero-order chi connectivity index (χ0) is 21.9. The number of piperazine rings is 1. The lowest BCUT2D eigenvalue weighted by Crippen LogP contribution is -2.50. The Bertz CT molecular complexity index is 1050. The number of sulfonamides is 1. The minimum atomic E-state index is -3.87. The van der Waals surface area contributed by atoms with Crippen molar-refractivity contribution in [2.24, 2.45) is 0 Å². The van der Waals surface area contributed by atoms with Gasteiger partial charge in [-0.15, -0.1) is 0 Å². The van der Waals surface area contributed by atoms with Crippen molar-refractivity contribution in [3.63, 3.8) is 0 Å². The highest BCUT2D eigenvalue weighted by atomic mass is 32.2. The van der Waals surface area contributed by atoms with Gasteiger partial charge in [-0.2, -0.15) is 0 Å². The number of hydrogen-bond acceptors (Lipinski definition) is 6. The molecule has 160 valence electrons. The van der Waals surface area contributed by atoms with E-state index in [2.05, 4.69) is 0 Å². The number of aromatic hydroxyl groups is 1. The molecule has 2 aromatic rings. The summed E-state index contributed by atoms with van der Waals surface area (Å²) in [6, 6.07) is 12.1. The lowest BCUT2D eigenvalue weighted by Gasteiger charge is -2.35. The molecule has 0 bridgehead atoms. The van der Waals surface area contributed by atoms with Gasteiger partial charge < -0.3 is 14.9 Å². The van der Waals surface area contributed by atoms with Crippen molar-refractivity contribution >= 4 is 21.8 Å². The number of para-hydroxylation sites is 1. The maximum Gasteiger partial charge on any atom is 0.264 e. The fourth-order valence-corrected chi connectivity index (χ4v) is 4.18. The van der Waals surface area contributed by atoms with Gasteiger partial charge in [0.2, 0.25) is 0 Å². The van der Waals surface area contributed by atoms with Gasteiger partial charge in [0.25, 0.3) is 21.8 Å². The fraction of sp³-hybridized carbons (Fsp3) is 0.300. The first kappa shape index (κ1) is 21.8. The molecular weight excluding hydrogens is 410 g/mol. The minimum absolute atomic E-state index is 0.0499. The average Bonchev–Trinajstić information content (AvgIpc) is 2.78. The zero-order valence-corrected chi connectivity index (χ0v) is 17.5. The zero-order valence-electron chi connectivity index (χ0n) is 16.7. The molecule has 0 radical (unpaired) electrons. The van der Waals surface area contributed by atoms with Crippen LogP contribution in [0.3, 0.4) is 0 Å². The molecule has 0 spiro atoms. The summed E-state index contributed by atoms with van der Waals surface area (Å²) < 4.78 is 25.5. The molecule has 1 N–H and O–H groups in total. The summed E-state index contributed by atoms with van der Waals surface area (Å²) in [5.74, 6) is -0.697. The number of amides is 2. The van der Waals surface area contributed by atoms with Gasteiger partial charge in [0.1, 0.15) is 5.75 Å². The number of carbonyl (C=O) groups excluding carboxylic acids is 2. The number of carbonyl (C=O) groups is 2. The molecule has 1 aliphatic heterocycles. The van der Waals surface area contributed by atoms with Gasteiger partial charge in [-0.1, -0.05) is 22.7 Å². The van der Waals surface area contributed by atoms with E-state index in [0.717, 1.165) is 4.47 Å². The molecule has 30 heavy (non-hydrogen) atoms. The van der Waals surface area contributed by atoms with Crippen LogP contribution in [-0.2, 0) is 14.9 Å². The summed E-state index contributed by atoms with van der Waals surface area (Å²) in [7, 11) is -1.36. The van der Waals surface area contributed by atoms with Gasteiger partial charge in [0.15, 0.2) is 0 Å². The van der Waals surface area contributed by atoms with E-state index in [1.807, 2.05) is 0 Å². The second-order valence-corrected chi connectivity index (χ2v) is 8.66. The van der Waals surface area contributed by atoms with Gasteiger partial charge in [-0.05, 0) is 30.3 Å². The van der Waals surface area contributed by atoms with Crippen LogP contribution in [0.1, 0.15) is 20.7 Å². The van der Waals surface area contributed by atoms with E-state index in [1.54, 1.807) is 34.1 Å². The van der Waals surface area contributed by atoms with Gasteiger partial charge in [-0.3, -0.25) is 14.4 Å². The monoisotopic (exact) mass is 433 g/mol. The Morgan fingerprint density at radius 1 is 0.967 bits per heavy atom. The highest BCUT2D eigenvalue weighted by molar-refractivity contribution is 7.89. The van der Waals surface area contributed by atoms with Crippen LogP contribution in [0.2, 0.25) is 0 Å². The second kappa shape index (κ2) is 8.82. The summed E-state index contributed by atoms with van der Waals surface area (Å²) in [6.07, 6.45) is 0. The van der Waals surface area contributed by atoms with Crippen LogP contribution in [0.15, 0.2) is 53.4 Å². The highest BCUT2D eigenvalue weighted by Gasteiger charge is 2.28. The Hall–Kier alpha value is -2.95. The Morgan fingerprint density at radius 2 is 1.57 bits per heavy atom. The molecule has 3 rings (SSSR count). The predicted octanol–water partition coefficient (Wildman–Crippen LogP) is 1.17. The molecule has 0 unspecified atom stereocenters. The third-order valence-corrected chi connectivity index (χ3v) is 6.64. The molecule has 2 aromatic carbocycles. The maximum atomic E-state index is 12.9. The smallest absolute Gasteiger partial charge is 0.264 e. The lowest BCUT2D eigenvalue weighted by atomic mass is 10.1. The summed E-state index contributed by atoms with van der Waals surface area (Å²) in [5, 5.41) is 9.88. The van der Waals surface area contributed by atoms with Crippen molar-refractivity contribution in [3.05, 3.63) is 59.7 Å². The predicted molar refractivity (Wildman–Crippen MR) is 108 cm³/mol. The van der Waals surface area contributed by atoms with Crippen molar-refractivity contribution < 1.29 is 28.0 Å². The molecule has 1 saturated heterocycles. The average molecular weight is 433 g/mol. The van der Waals surface area contributed by atoms with Gasteiger partial charge >= 0.3 is 0 Å². The number of phenols is 1. The number of hydrogen-bond donors (Lipinski definition) is 1. The molecular formula is C20H23N3O6S. The van der Waals surface area contributed by atoms with Crippen LogP contribution < -0.4 is 0 Å². The Labute approximate surface area is 175 Å². The highest BCUT2D eigenvalue weighted by Crippen LogP contribution is 2.20. The fourth-order valence-electron chi connectivity index (χ4n) is 3.16. The molecule has 0 aromatic heterocycles. The van der Waals surface area contributed by atoms with E-state index >= 15 is 0 Å². The quantitative estimate of drug-likeness (QED) is 0.710. The first-order valence-corrected chi connectivity index (χ1v) is 10.7. The van der Waals surface area contributed by atoms with Gasteiger partial charge in [0, 0.05) is 38.8 Å². The summed E-state index contributed by atoms with van der Waals surface area (Å²) in [6.45, 7) is 1.22. The maximum absolute atomic E-state index is 12.9. The van der Waals surface area contributed by atoms with E-state index in [4.69, 9.17) is 4.84 Å². The number of rotatable bonds is 5. The summed E-state index contributed by atoms with van der Waals surface area (Å²) in [5.41, 5.74) is 0.457. The SMILES string of the molecule is CON(C)S(=O)(=O)c1cccc(C(=O)N2CCN(C(=O)c3ccccc3O)CC2)c1. The standard InChI is InChI=1S/C20H23N3O6S/c1-21(29-2)30(27,28)16-7-5-6-15(14-16)19(25)22-10-12-23(13-11-22)20(26)17-8-3-4-9-18(17)24/h3-9,14,24H,10-13H2,1-2H3. The lowest BCUT2D eigenvalue weighted by molar-refractivity contribution is -0.0258. The van der Waals surface area contributed by atoms with Crippen LogP contribution in [0.4, 0.5) is 0 Å². The van der Waals surface area contributed by atoms with E-state index in [0.29, 0.717) is 26.2 Å². The largest absolute Gasteiger partial charge is 0.507 e. The molecule has 2 amide bonds.